The number of carbonyl (C=O) groups is 1. The third-order valence-corrected chi connectivity index (χ3v) is 10.0. The lowest BCUT2D eigenvalue weighted by Gasteiger charge is -2.32. The van der Waals surface area contributed by atoms with Gasteiger partial charge in [0, 0.05) is 42.4 Å². The van der Waals surface area contributed by atoms with Gasteiger partial charge >= 0.3 is 13.6 Å². The highest BCUT2D eigenvalue weighted by atomic mass is 31.2. The van der Waals surface area contributed by atoms with E-state index in [1.807, 2.05) is 42.5 Å². The van der Waals surface area contributed by atoms with Gasteiger partial charge in [-0.1, -0.05) is 111 Å². The molecule has 0 saturated carbocycles. The van der Waals surface area contributed by atoms with Crippen molar-refractivity contribution >= 4 is 46.5 Å². The van der Waals surface area contributed by atoms with Crippen molar-refractivity contribution in [2.45, 2.75) is 38.6 Å². The van der Waals surface area contributed by atoms with Crippen molar-refractivity contribution in [2.24, 2.45) is 0 Å². The van der Waals surface area contributed by atoms with Crippen LogP contribution in [0.5, 0.6) is 0 Å². The number of ether oxygens (including phenoxy) is 1. The van der Waals surface area contributed by atoms with Gasteiger partial charge in [-0.3, -0.25) is 9.36 Å². The molecule has 4 aromatic carbocycles. The largest absolute Gasteiger partial charge is 0.464 e. The number of esters is 1. The monoisotopic (exact) mass is 648 g/mol. The van der Waals surface area contributed by atoms with Gasteiger partial charge in [-0.2, -0.15) is 0 Å². The van der Waals surface area contributed by atoms with Crippen molar-refractivity contribution in [2.75, 3.05) is 35.7 Å². The van der Waals surface area contributed by atoms with Crippen LogP contribution < -0.4 is 9.80 Å². The summed E-state index contributed by atoms with van der Waals surface area (Å²) in [6.07, 6.45) is 14.9. The Morgan fingerprint density at radius 3 is 2.23 bits per heavy atom. The first-order valence-corrected chi connectivity index (χ1v) is 17.8. The lowest BCUT2D eigenvalue weighted by Crippen LogP contribution is -2.41. The summed E-state index contributed by atoms with van der Waals surface area (Å²) in [7, 11) is -4.17. The molecule has 2 heterocycles. The fourth-order valence-corrected chi connectivity index (χ4v) is 7.60. The molecule has 0 aromatic heterocycles. The summed E-state index contributed by atoms with van der Waals surface area (Å²) in [6.45, 7) is 7.00. The molecular formula is C39H41N2O5P. The molecule has 0 fully saturated rings. The molecule has 242 valence electrons. The first-order valence-electron chi connectivity index (χ1n) is 16.0. The Kier molecular flexibility index (Phi) is 9.25. The number of hydrogen-bond donors (Lipinski definition) is 2. The Labute approximate surface area is 276 Å². The summed E-state index contributed by atoms with van der Waals surface area (Å²) >= 11 is 0. The normalized spacial score (nSPS) is 18.4. The van der Waals surface area contributed by atoms with Crippen LogP contribution in [0.1, 0.15) is 31.9 Å². The molecule has 0 radical (unpaired) electrons. The molecule has 0 bridgehead atoms. The Morgan fingerprint density at radius 1 is 0.872 bits per heavy atom. The Hall–Kier alpha value is -4.42. The van der Waals surface area contributed by atoms with Crippen LogP contribution in [-0.2, 0) is 25.9 Å². The van der Waals surface area contributed by atoms with E-state index in [2.05, 4.69) is 96.5 Å². The molecule has 0 amide bonds. The maximum Gasteiger partial charge on any atom is 0.327 e. The molecule has 1 atom stereocenters. The van der Waals surface area contributed by atoms with Gasteiger partial charge in [-0.25, -0.2) is 0 Å². The van der Waals surface area contributed by atoms with Gasteiger partial charge < -0.3 is 24.3 Å². The van der Waals surface area contributed by atoms with E-state index in [9.17, 15) is 19.1 Å². The number of carbonyl (C=O) groups excluding carboxylic acids is 1. The maximum atomic E-state index is 11.9. The van der Waals surface area contributed by atoms with E-state index in [-0.39, 0.29) is 30.1 Å². The van der Waals surface area contributed by atoms with Crippen molar-refractivity contribution in [3.8, 4) is 0 Å². The van der Waals surface area contributed by atoms with Crippen LogP contribution >= 0.6 is 7.60 Å². The molecular weight excluding hydrogens is 607 g/mol. The third-order valence-electron chi connectivity index (χ3n) is 9.23. The van der Waals surface area contributed by atoms with Gasteiger partial charge in [0.05, 0.1) is 18.7 Å². The molecule has 1 unspecified atom stereocenters. The van der Waals surface area contributed by atoms with Crippen LogP contribution in [0.25, 0.3) is 21.5 Å². The van der Waals surface area contributed by atoms with Gasteiger partial charge in [0.2, 0.25) is 0 Å². The van der Waals surface area contributed by atoms with Crippen molar-refractivity contribution in [3.05, 3.63) is 132 Å². The van der Waals surface area contributed by atoms with Gasteiger partial charge in [0.25, 0.3) is 0 Å². The molecule has 2 aliphatic heterocycles. The zero-order chi connectivity index (χ0) is 33.2. The maximum absolute atomic E-state index is 11.9. The molecule has 47 heavy (non-hydrogen) atoms. The average molecular weight is 649 g/mol. The van der Waals surface area contributed by atoms with Crippen molar-refractivity contribution < 1.29 is 23.9 Å². The smallest absolute Gasteiger partial charge is 0.327 e. The number of benzene rings is 4. The molecule has 2 aliphatic rings. The highest BCUT2D eigenvalue weighted by Gasteiger charge is 2.44. The van der Waals surface area contributed by atoms with Crippen molar-refractivity contribution in [3.63, 3.8) is 0 Å². The van der Waals surface area contributed by atoms with Gasteiger partial charge in [-0.15, -0.1) is 0 Å². The van der Waals surface area contributed by atoms with Crippen LogP contribution in [0.2, 0.25) is 0 Å². The minimum Gasteiger partial charge on any atom is -0.464 e. The van der Waals surface area contributed by atoms with E-state index in [1.54, 1.807) is 0 Å². The molecule has 8 heteroatoms. The number of nitrogens with zero attached hydrogens (tertiary/aromatic N) is 2. The van der Waals surface area contributed by atoms with E-state index in [0.717, 1.165) is 28.9 Å². The number of fused-ring (bicyclic) bond motifs is 6. The average Bonchev–Trinajstić information content (AvgIpc) is 3.50. The summed E-state index contributed by atoms with van der Waals surface area (Å²) in [6, 6.07) is 25.1. The van der Waals surface area contributed by atoms with Crippen molar-refractivity contribution in [1.82, 2.24) is 0 Å². The predicted octanol–water partition coefficient (Wildman–Crippen LogP) is 7.82. The summed E-state index contributed by atoms with van der Waals surface area (Å²) in [5.41, 5.74) is 5.51. The van der Waals surface area contributed by atoms with Crippen LogP contribution in [0, 0.1) is 0 Å². The minimum atomic E-state index is -4.17. The molecule has 6 rings (SSSR count). The number of anilines is 2. The van der Waals surface area contributed by atoms with Gasteiger partial charge in [0.1, 0.15) is 6.61 Å². The molecule has 0 aliphatic carbocycles. The number of rotatable bonds is 10. The topological polar surface area (TPSA) is 90.3 Å². The lowest BCUT2D eigenvalue weighted by molar-refractivity contribution is -0.140. The summed E-state index contributed by atoms with van der Waals surface area (Å²) in [5, 5.41) is 4.77. The van der Waals surface area contributed by atoms with E-state index in [1.165, 1.54) is 34.2 Å². The quantitative estimate of drug-likeness (QED) is 0.103. The van der Waals surface area contributed by atoms with Crippen LogP contribution in [0.3, 0.4) is 0 Å². The van der Waals surface area contributed by atoms with Gasteiger partial charge in [-0.05, 0) is 50.9 Å². The summed E-state index contributed by atoms with van der Waals surface area (Å²) < 4.78 is 17.1. The van der Waals surface area contributed by atoms with Crippen LogP contribution in [0.15, 0.2) is 121 Å². The second-order valence-electron chi connectivity index (χ2n) is 12.7. The zero-order valence-corrected chi connectivity index (χ0v) is 27.9. The van der Waals surface area contributed by atoms with E-state index in [4.69, 9.17) is 4.74 Å². The Morgan fingerprint density at radius 2 is 1.51 bits per heavy atom. The van der Waals surface area contributed by atoms with E-state index >= 15 is 0 Å². The van der Waals surface area contributed by atoms with Crippen LogP contribution in [0.4, 0.5) is 11.4 Å². The van der Waals surface area contributed by atoms with Crippen LogP contribution in [-0.4, -0.2) is 47.7 Å². The molecule has 2 N–H and O–H groups in total. The molecule has 4 aromatic rings. The number of allylic oxidation sites excluding steroid dienone is 7. The fourth-order valence-electron chi connectivity index (χ4n) is 7.12. The minimum absolute atomic E-state index is 0.0804. The molecule has 7 nitrogen and oxygen atoms in total. The SMILES string of the molecule is CC(=O)OCCN1/C(=C/C=C/C=C/C=C/C2N(CCP(=O)(O)O)c3ccc4ccccc4c3C2(C)C)Cc2c1ccc1ccccc21. The Bertz CT molecular complexity index is 1990. The summed E-state index contributed by atoms with van der Waals surface area (Å²) in [5.74, 6) is -0.283. The zero-order valence-electron chi connectivity index (χ0n) is 27.0. The first kappa shape index (κ1) is 32.5. The highest BCUT2D eigenvalue weighted by Crippen LogP contribution is 2.49. The van der Waals surface area contributed by atoms with E-state index in [0.29, 0.717) is 13.2 Å². The second kappa shape index (κ2) is 13.4. The fraction of sp³-hybridized carbons (Fsp3) is 0.256. The highest BCUT2D eigenvalue weighted by molar-refractivity contribution is 7.51. The second-order valence-corrected chi connectivity index (χ2v) is 14.5. The predicted molar refractivity (Wildman–Crippen MR) is 192 cm³/mol. The van der Waals surface area contributed by atoms with E-state index < -0.39 is 7.60 Å². The number of hydrogen-bond acceptors (Lipinski definition) is 5. The Balaban J connectivity index is 1.21. The van der Waals surface area contributed by atoms with Gasteiger partial charge in [0.15, 0.2) is 0 Å². The third kappa shape index (κ3) is 6.84. The molecule has 0 saturated heterocycles. The first-order chi connectivity index (χ1) is 22.5. The summed E-state index contributed by atoms with van der Waals surface area (Å²) in [4.78, 5) is 35.2. The van der Waals surface area contributed by atoms with Crippen molar-refractivity contribution in [1.29, 1.82) is 0 Å². The standard InChI is InChI=1S/C39H41N2O5P/c1-28(42)46-25-23-40-31(27-34-32-16-11-9-13-29(32)19-21-35(34)40)15-7-5-4-6-8-18-37-39(2,3)38-33-17-12-10-14-30(33)20-22-36(38)41(37)24-26-47(43,44)45/h4-22,37H,23-27H2,1-3H3,(H2,43,44,45)/b6-4+,7-5+,18-8+,31-15+. The molecule has 0 spiro atoms. The lowest BCUT2D eigenvalue weighted by atomic mass is 9.78.